The van der Waals surface area contributed by atoms with E-state index in [1.54, 1.807) is 5.57 Å². The van der Waals surface area contributed by atoms with Crippen LogP contribution in [0.5, 0.6) is 0 Å². The van der Waals surface area contributed by atoms with Crippen LogP contribution in [0.4, 0.5) is 0 Å². The maximum atomic E-state index is 9.99. The Labute approximate surface area is 122 Å². The van der Waals surface area contributed by atoms with E-state index in [9.17, 15) is 5.11 Å². The van der Waals surface area contributed by atoms with E-state index in [0.29, 0.717) is 10.8 Å². The highest BCUT2D eigenvalue weighted by Gasteiger charge is 2.56. The maximum Gasteiger partial charge on any atom is 0.0577 e. The quantitative estimate of drug-likeness (QED) is 0.686. The lowest BCUT2D eigenvalue weighted by Crippen LogP contribution is -2.50. The molecule has 112 valence electrons. The van der Waals surface area contributed by atoms with Crippen molar-refractivity contribution in [2.24, 2.45) is 28.6 Å². The Balaban J connectivity index is 1.68. The van der Waals surface area contributed by atoms with Crippen LogP contribution < -0.4 is 0 Å². The summed E-state index contributed by atoms with van der Waals surface area (Å²) in [6.45, 7) is 6.90. The van der Waals surface area contributed by atoms with Gasteiger partial charge < -0.3 is 9.84 Å². The van der Waals surface area contributed by atoms with Crippen molar-refractivity contribution in [3.63, 3.8) is 0 Å². The molecule has 0 aromatic rings. The molecule has 0 aromatic carbocycles. The summed E-state index contributed by atoms with van der Waals surface area (Å²) in [5.74, 6) is 2.41. The first-order valence-corrected chi connectivity index (χ1v) is 8.48. The Kier molecular flexibility index (Phi) is 2.89. The average Bonchev–Trinajstić information content (AvgIpc) is 2.81. The van der Waals surface area contributed by atoms with Gasteiger partial charge in [-0.1, -0.05) is 25.5 Å². The van der Waals surface area contributed by atoms with Crippen molar-refractivity contribution < 1.29 is 9.84 Å². The SMILES string of the molecule is C[C@]12CC[C@H]3[C@@H](CC=C4C[C@@H](O)CC[C@@]43C)[C@@H]1COC2. The third-order valence-electron chi connectivity index (χ3n) is 7.33. The highest BCUT2D eigenvalue weighted by Crippen LogP contribution is 2.62. The summed E-state index contributed by atoms with van der Waals surface area (Å²) in [6.07, 6.45) is 9.45. The number of rotatable bonds is 0. The van der Waals surface area contributed by atoms with E-state index in [1.807, 2.05) is 0 Å². The molecule has 0 spiro atoms. The molecule has 1 saturated heterocycles. The summed E-state index contributed by atoms with van der Waals surface area (Å²) in [4.78, 5) is 0. The van der Waals surface area contributed by atoms with Crippen molar-refractivity contribution in [3.05, 3.63) is 11.6 Å². The van der Waals surface area contributed by atoms with Gasteiger partial charge >= 0.3 is 0 Å². The molecule has 3 aliphatic carbocycles. The van der Waals surface area contributed by atoms with Gasteiger partial charge in [-0.3, -0.25) is 0 Å². The molecule has 0 radical (unpaired) electrons. The third-order valence-corrected chi connectivity index (χ3v) is 7.33. The Hall–Kier alpha value is -0.340. The van der Waals surface area contributed by atoms with Crippen molar-refractivity contribution >= 4 is 0 Å². The Morgan fingerprint density at radius 1 is 1.20 bits per heavy atom. The molecule has 4 aliphatic rings. The summed E-state index contributed by atoms with van der Waals surface area (Å²) in [5, 5.41) is 9.99. The van der Waals surface area contributed by atoms with Crippen LogP contribution in [0.3, 0.4) is 0 Å². The summed E-state index contributed by atoms with van der Waals surface area (Å²) < 4.78 is 5.87. The normalized spacial score (nSPS) is 54.6. The van der Waals surface area contributed by atoms with Gasteiger partial charge in [0.15, 0.2) is 0 Å². The van der Waals surface area contributed by atoms with Crippen LogP contribution in [0.2, 0.25) is 0 Å². The lowest BCUT2D eigenvalue weighted by molar-refractivity contribution is -0.0285. The predicted octanol–water partition coefficient (Wildman–Crippen LogP) is 3.55. The largest absolute Gasteiger partial charge is 0.393 e. The van der Waals surface area contributed by atoms with Gasteiger partial charge in [0, 0.05) is 0 Å². The van der Waals surface area contributed by atoms with Gasteiger partial charge in [-0.05, 0) is 67.1 Å². The lowest BCUT2D eigenvalue weighted by Gasteiger charge is -2.56. The van der Waals surface area contributed by atoms with Crippen molar-refractivity contribution in [2.45, 2.75) is 58.5 Å². The lowest BCUT2D eigenvalue weighted by atomic mass is 9.48. The van der Waals surface area contributed by atoms with E-state index in [-0.39, 0.29) is 6.10 Å². The van der Waals surface area contributed by atoms with Crippen molar-refractivity contribution in [1.29, 1.82) is 0 Å². The van der Waals surface area contributed by atoms with E-state index in [4.69, 9.17) is 4.74 Å². The molecule has 6 atom stereocenters. The van der Waals surface area contributed by atoms with Crippen LogP contribution >= 0.6 is 0 Å². The molecule has 2 nitrogen and oxygen atoms in total. The van der Waals surface area contributed by atoms with E-state index in [0.717, 1.165) is 43.8 Å². The fraction of sp³-hybridized carbons (Fsp3) is 0.889. The summed E-state index contributed by atoms with van der Waals surface area (Å²) in [6, 6.07) is 0. The molecule has 20 heavy (non-hydrogen) atoms. The molecular formula is C18H28O2. The molecule has 2 heteroatoms. The molecule has 0 unspecified atom stereocenters. The predicted molar refractivity (Wildman–Crippen MR) is 79.3 cm³/mol. The fourth-order valence-corrected chi connectivity index (χ4v) is 5.96. The van der Waals surface area contributed by atoms with Gasteiger partial charge in [-0.2, -0.15) is 0 Å². The first-order chi connectivity index (χ1) is 9.53. The van der Waals surface area contributed by atoms with Gasteiger partial charge in [0.1, 0.15) is 0 Å². The number of allylic oxidation sites excluding steroid dienone is 1. The first kappa shape index (κ1) is 13.3. The Bertz CT molecular complexity index is 443. The second-order valence-corrected chi connectivity index (χ2v) is 8.36. The summed E-state index contributed by atoms with van der Waals surface area (Å²) in [5.41, 5.74) is 2.38. The first-order valence-electron chi connectivity index (χ1n) is 8.48. The van der Waals surface area contributed by atoms with E-state index in [1.165, 1.54) is 25.7 Å². The molecular weight excluding hydrogens is 248 g/mol. The van der Waals surface area contributed by atoms with Crippen LogP contribution in [0, 0.1) is 28.6 Å². The highest BCUT2D eigenvalue weighted by atomic mass is 16.5. The minimum atomic E-state index is -0.0884. The highest BCUT2D eigenvalue weighted by molar-refractivity contribution is 5.25. The average molecular weight is 276 g/mol. The van der Waals surface area contributed by atoms with Crippen LogP contribution in [0.25, 0.3) is 0 Å². The van der Waals surface area contributed by atoms with Crippen LogP contribution in [-0.4, -0.2) is 24.4 Å². The van der Waals surface area contributed by atoms with E-state index >= 15 is 0 Å². The Morgan fingerprint density at radius 2 is 2.05 bits per heavy atom. The van der Waals surface area contributed by atoms with Crippen LogP contribution in [0.15, 0.2) is 11.6 Å². The molecule has 3 fully saturated rings. The van der Waals surface area contributed by atoms with Crippen molar-refractivity contribution in [1.82, 2.24) is 0 Å². The minimum Gasteiger partial charge on any atom is -0.393 e. The second kappa shape index (κ2) is 4.33. The van der Waals surface area contributed by atoms with Gasteiger partial charge in [0.05, 0.1) is 19.3 Å². The standard InChI is InChI=1S/C18H28O2/c1-17-7-6-15-14(16(17)10-20-11-17)4-3-12-9-13(19)5-8-18(12,15)2/h3,13-16,19H,4-11H2,1-2H3/t13-,14+,15-,16-,17+,18-/m0/s1. The zero-order chi connectivity index (χ0) is 14.0. The molecule has 1 aliphatic heterocycles. The van der Waals surface area contributed by atoms with Crippen molar-refractivity contribution in [2.75, 3.05) is 13.2 Å². The molecule has 1 heterocycles. The molecule has 1 N–H and O–H groups in total. The number of hydrogen-bond acceptors (Lipinski definition) is 2. The van der Waals surface area contributed by atoms with E-state index < -0.39 is 0 Å². The number of aliphatic hydroxyl groups is 1. The maximum absolute atomic E-state index is 9.99. The zero-order valence-corrected chi connectivity index (χ0v) is 12.9. The molecule has 2 saturated carbocycles. The second-order valence-electron chi connectivity index (χ2n) is 8.36. The molecule has 0 aromatic heterocycles. The van der Waals surface area contributed by atoms with Gasteiger partial charge in [0.2, 0.25) is 0 Å². The smallest absolute Gasteiger partial charge is 0.0577 e. The van der Waals surface area contributed by atoms with Crippen LogP contribution in [0.1, 0.15) is 52.4 Å². The summed E-state index contributed by atoms with van der Waals surface area (Å²) in [7, 11) is 0. The number of ether oxygens (including phenoxy) is 1. The number of hydrogen-bond donors (Lipinski definition) is 1. The summed E-state index contributed by atoms with van der Waals surface area (Å²) >= 11 is 0. The van der Waals surface area contributed by atoms with Crippen molar-refractivity contribution in [3.8, 4) is 0 Å². The molecule has 0 bridgehead atoms. The van der Waals surface area contributed by atoms with Gasteiger partial charge in [-0.15, -0.1) is 0 Å². The van der Waals surface area contributed by atoms with Gasteiger partial charge in [0.25, 0.3) is 0 Å². The van der Waals surface area contributed by atoms with Gasteiger partial charge in [-0.25, -0.2) is 0 Å². The monoisotopic (exact) mass is 276 g/mol. The number of aliphatic hydroxyl groups excluding tert-OH is 1. The molecule has 4 rings (SSSR count). The topological polar surface area (TPSA) is 29.5 Å². The third kappa shape index (κ3) is 1.70. The zero-order valence-electron chi connectivity index (χ0n) is 12.9. The molecule has 0 amide bonds. The van der Waals surface area contributed by atoms with E-state index in [2.05, 4.69) is 19.9 Å². The Morgan fingerprint density at radius 3 is 2.90 bits per heavy atom. The number of fused-ring (bicyclic) bond motifs is 5. The fourth-order valence-electron chi connectivity index (χ4n) is 5.96. The van der Waals surface area contributed by atoms with Crippen LogP contribution in [-0.2, 0) is 4.74 Å². The minimum absolute atomic E-state index is 0.0884.